The molecule has 1 atom stereocenters. The van der Waals surface area contributed by atoms with Gasteiger partial charge in [0.25, 0.3) is 10.2 Å². The molecule has 0 saturated carbocycles. The van der Waals surface area contributed by atoms with Gasteiger partial charge < -0.3 is 10.1 Å². The summed E-state index contributed by atoms with van der Waals surface area (Å²) < 4.78 is 33.3. The van der Waals surface area contributed by atoms with Crippen LogP contribution in [0.1, 0.15) is 5.56 Å². The van der Waals surface area contributed by atoms with Crippen molar-refractivity contribution >= 4 is 16.1 Å². The maximum Gasteiger partial charge on any atom is 0.281 e. The Kier molecular flexibility index (Phi) is 6.56. The minimum absolute atomic E-state index is 0.128. The van der Waals surface area contributed by atoms with Crippen molar-refractivity contribution in [3.05, 3.63) is 54.1 Å². The number of amides is 1. The summed E-state index contributed by atoms with van der Waals surface area (Å²) in [5.74, 6) is 0.140. The van der Waals surface area contributed by atoms with Gasteiger partial charge in [0.15, 0.2) is 0 Å². The van der Waals surface area contributed by atoms with E-state index >= 15 is 0 Å². The number of nitrogens with zero attached hydrogens (tertiary/aromatic N) is 2. The van der Waals surface area contributed by atoms with E-state index in [1.165, 1.54) is 22.7 Å². The molecular formula is C21H27N3O4S. The molecule has 29 heavy (non-hydrogen) atoms. The third-order valence-electron chi connectivity index (χ3n) is 5.12. The number of carbonyl (C=O) groups is 1. The number of carbonyl (C=O) groups excluding carboxylic acids is 1. The van der Waals surface area contributed by atoms with Crippen LogP contribution in [-0.2, 0) is 21.4 Å². The molecule has 156 valence electrons. The number of benzene rings is 2. The molecule has 1 aliphatic rings. The zero-order valence-corrected chi connectivity index (χ0v) is 17.8. The van der Waals surface area contributed by atoms with Crippen LogP contribution in [0.2, 0.25) is 0 Å². The molecule has 1 aliphatic heterocycles. The first-order valence-corrected chi connectivity index (χ1v) is 10.9. The van der Waals surface area contributed by atoms with Gasteiger partial charge in [0.2, 0.25) is 5.91 Å². The van der Waals surface area contributed by atoms with Gasteiger partial charge in [-0.05, 0) is 23.6 Å². The second-order valence-electron chi connectivity index (χ2n) is 7.20. The number of rotatable bonds is 6. The minimum Gasteiger partial charge on any atom is -0.496 e. The third kappa shape index (κ3) is 4.60. The van der Waals surface area contributed by atoms with Crippen molar-refractivity contribution in [2.24, 2.45) is 5.92 Å². The van der Waals surface area contributed by atoms with Gasteiger partial charge in [-0.2, -0.15) is 17.0 Å². The van der Waals surface area contributed by atoms with E-state index in [4.69, 9.17) is 4.74 Å². The SMILES string of the molecule is COc1ccccc1-c1ccccc1C[C@@H]1CN(S(=O)(=O)N(C)C)CCNC1=O. The Bertz CT molecular complexity index is 975. The van der Waals surface area contributed by atoms with E-state index in [0.717, 1.165) is 22.4 Å². The van der Waals surface area contributed by atoms with E-state index in [0.29, 0.717) is 13.0 Å². The smallest absolute Gasteiger partial charge is 0.281 e. The maximum absolute atomic E-state index is 12.7. The highest BCUT2D eigenvalue weighted by molar-refractivity contribution is 7.86. The van der Waals surface area contributed by atoms with Gasteiger partial charge in [0, 0.05) is 39.3 Å². The molecule has 1 heterocycles. The number of para-hydroxylation sites is 1. The van der Waals surface area contributed by atoms with E-state index in [2.05, 4.69) is 5.32 Å². The quantitative estimate of drug-likeness (QED) is 0.777. The summed E-state index contributed by atoms with van der Waals surface area (Å²) in [6.07, 6.45) is 0.430. The molecule has 0 aliphatic carbocycles. The third-order valence-corrected chi connectivity index (χ3v) is 7.03. The van der Waals surface area contributed by atoms with Gasteiger partial charge in [-0.1, -0.05) is 42.5 Å². The Morgan fingerprint density at radius 2 is 1.76 bits per heavy atom. The largest absolute Gasteiger partial charge is 0.496 e. The number of ether oxygens (including phenoxy) is 1. The number of nitrogens with one attached hydrogen (secondary N) is 1. The van der Waals surface area contributed by atoms with Crippen molar-refractivity contribution in [2.45, 2.75) is 6.42 Å². The Hall–Kier alpha value is -2.42. The van der Waals surface area contributed by atoms with Crippen LogP contribution in [0.3, 0.4) is 0 Å². The molecule has 0 radical (unpaired) electrons. The second kappa shape index (κ2) is 8.94. The number of methoxy groups -OCH3 is 1. The lowest BCUT2D eigenvalue weighted by atomic mass is 9.91. The van der Waals surface area contributed by atoms with Crippen molar-refractivity contribution in [2.75, 3.05) is 40.8 Å². The van der Waals surface area contributed by atoms with Crippen LogP contribution in [-0.4, -0.2) is 63.8 Å². The highest BCUT2D eigenvalue weighted by Crippen LogP contribution is 2.33. The summed E-state index contributed by atoms with van der Waals surface area (Å²) in [5.41, 5.74) is 2.89. The van der Waals surface area contributed by atoms with E-state index in [9.17, 15) is 13.2 Å². The van der Waals surface area contributed by atoms with E-state index in [-0.39, 0.29) is 19.0 Å². The van der Waals surface area contributed by atoms with E-state index < -0.39 is 16.1 Å². The zero-order valence-electron chi connectivity index (χ0n) is 17.0. The van der Waals surface area contributed by atoms with Crippen LogP contribution >= 0.6 is 0 Å². The molecule has 1 N–H and O–H groups in total. The van der Waals surface area contributed by atoms with Crippen LogP contribution in [0.25, 0.3) is 11.1 Å². The highest BCUT2D eigenvalue weighted by Gasteiger charge is 2.33. The first kappa shape index (κ1) is 21.3. The molecule has 3 rings (SSSR count). The van der Waals surface area contributed by atoms with Crippen LogP contribution in [0.15, 0.2) is 48.5 Å². The van der Waals surface area contributed by atoms with E-state index in [1.54, 1.807) is 7.11 Å². The fourth-order valence-corrected chi connectivity index (χ4v) is 4.71. The summed E-state index contributed by atoms with van der Waals surface area (Å²) in [7, 11) is 1.04. The molecule has 1 amide bonds. The predicted molar refractivity (Wildman–Crippen MR) is 113 cm³/mol. The first-order valence-electron chi connectivity index (χ1n) is 9.51. The first-order chi connectivity index (χ1) is 13.8. The Balaban J connectivity index is 1.93. The molecule has 2 aromatic carbocycles. The number of hydrogen-bond acceptors (Lipinski definition) is 4. The lowest BCUT2D eigenvalue weighted by Crippen LogP contribution is -2.43. The molecule has 0 spiro atoms. The van der Waals surface area contributed by atoms with Gasteiger partial charge in [-0.15, -0.1) is 0 Å². The molecule has 0 aromatic heterocycles. The normalized spacial score (nSPS) is 18.3. The molecule has 0 unspecified atom stereocenters. The lowest BCUT2D eigenvalue weighted by Gasteiger charge is -2.26. The van der Waals surface area contributed by atoms with Crippen molar-refractivity contribution in [1.82, 2.24) is 13.9 Å². The van der Waals surface area contributed by atoms with Crippen molar-refractivity contribution < 1.29 is 17.9 Å². The van der Waals surface area contributed by atoms with Crippen molar-refractivity contribution in [3.8, 4) is 16.9 Å². The van der Waals surface area contributed by atoms with Crippen molar-refractivity contribution in [3.63, 3.8) is 0 Å². The summed E-state index contributed by atoms with van der Waals surface area (Å²) in [6.45, 7) is 0.708. The maximum atomic E-state index is 12.7. The van der Waals surface area contributed by atoms with Crippen LogP contribution in [0, 0.1) is 5.92 Å². The molecule has 0 bridgehead atoms. The molecule has 1 saturated heterocycles. The average molecular weight is 418 g/mol. The van der Waals surface area contributed by atoms with Gasteiger partial charge in [0.05, 0.1) is 13.0 Å². The fraction of sp³-hybridized carbons (Fsp3) is 0.381. The topological polar surface area (TPSA) is 79.0 Å². The van der Waals surface area contributed by atoms with Gasteiger partial charge in [-0.25, -0.2) is 0 Å². The average Bonchev–Trinajstić information content (AvgIpc) is 2.90. The summed E-state index contributed by atoms with van der Waals surface area (Å²) in [5, 5.41) is 2.85. The minimum atomic E-state index is -3.59. The molecule has 1 fully saturated rings. The van der Waals surface area contributed by atoms with Gasteiger partial charge in [0.1, 0.15) is 5.75 Å². The van der Waals surface area contributed by atoms with Gasteiger partial charge >= 0.3 is 0 Å². The predicted octanol–water partition coefficient (Wildman–Crippen LogP) is 1.76. The second-order valence-corrected chi connectivity index (χ2v) is 9.34. The molecule has 7 nitrogen and oxygen atoms in total. The molecular weight excluding hydrogens is 390 g/mol. The Labute approximate surface area is 172 Å². The highest BCUT2D eigenvalue weighted by atomic mass is 32.2. The summed E-state index contributed by atoms with van der Waals surface area (Å²) in [4.78, 5) is 12.7. The summed E-state index contributed by atoms with van der Waals surface area (Å²) >= 11 is 0. The van der Waals surface area contributed by atoms with Crippen LogP contribution < -0.4 is 10.1 Å². The zero-order chi connectivity index (χ0) is 21.0. The standard InChI is InChI=1S/C21H27N3O4S/c1-23(2)29(26,27)24-13-12-22-21(25)17(15-24)14-16-8-4-5-9-18(16)19-10-6-7-11-20(19)28-3/h4-11,17H,12-15H2,1-3H3,(H,22,25)/t17-/m1/s1. The summed E-state index contributed by atoms with van der Waals surface area (Å²) in [6, 6.07) is 15.6. The monoisotopic (exact) mass is 417 g/mol. The molecule has 2 aromatic rings. The van der Waals surface area contributed by atoms with E-state index in [1.807, 2.05) is 48.5 Å². The lowest BCUT2D eigenvalue weighted by molar-refractivity contribution is -0.124. The van der Waals surface area contributed by atoms with Crippen LogP contribution in [0.4, 0.5) is 0 Å². The van der Waals surface area contributed by atoms with Crippen molar-refractivity contribution in [1.29, 1.82) is 0 Å². The van der Waals surface area contributed by atoms with Gasteiger partial charge in [-0.3, -0.25) is 4.79 Å². The molecule has 8 heteroatoms. The Morgan fingerprint density at radius 3 is 2.45 bits per heavy atom. The number of hydrogen-bond donors (Lipinski definition) is 1. The Morgan fingerprint density at radius 1 is 1.10 bits per heavy atom. The fourth-order valence-electron chi connectivity index (χ4n) is 3.56. The van der Waals surface area contributed by atoms with Crippen LogP contribution in [0.5, 0.6) is 5.75 Å².